The van der Waals surface area contributed by atoms with Crippen LogP contribution >= 0.6 is 12.4 Å². The number of hydrogen-bond donors (Lipinski definition) is 1. The summed E-state index contributed by atoms with van der Waals surface area (Å²) in [6.45, 7) is 8.24. The first-order valence-electron chi connectivity index (χ1n) is 9.35. The Labute approximate surface area is 139 Å². The first kappa shape index (κ1) is 21.2. The molecule has 1 saturated heterocycles. The molecule has 0 aromatic rings. The van der Waals surface area contributed by atoms with E-state index in [0.29, 0.717) is 0 Å². The average Bonchev–Trinajstić information content (AvgIpc) is 2.97. The third-order valence-corrected chi connectivity index (χ3v) is 4.55. The number of likely N-dealkylation sites (tertiary alicyclic amines) is 1. The molecule has 21 heavy (non-hydrogen) atoms. The second-order valence-corrected chi connectivity index (χ2v) is 6.50. The van der Waals surface area contributed by atoms with Crippen LogP contribution in [0.15, 0.2) is 0 Å². The topological polar surface area (TPSA) is 13.7 Å². The van der Waals surface area contributed by atoms with Crippen molar-refractivity contribution in [3.63, 3.8) is 0 Å². The lowest BCUT2D eigenvalue weighted by Crippen LogP contribution is -3.10. The van der Waals surface area contributed by atoms with Crippen molar-refractivity contribution < 1.29 is 9.64 Å². The van der Waals surface area contributed by atoms with Gasteiger partial charge in [0.15, 0.2) is 0 Å². The van der Waals surface area contributed by atoms with Crippen molar-refractivity contribution in [2.24, 2.45) is 0 Å². The Kier molecular flexibility index (Phi) is 16.7. The predicted octanol–water partition coefficient (Wildman–Crippen LogP) is 4.02. The summed E-state index contributed by atoms with van der Waals surface area (Å²) in [6.07, 6.45) is 16.9. The van der Waals surface area contributed by atoms with E-state index in [9.17, 15) is 0 Å². The SMILES string of the molecule is CCCCCCCCCCCCOCC[NH+]1CCCC1.Cl. The summed E-state index contributed by atoms with van der Waals surface area (Å²) in [5.41, 5.74) is 0. The summed E-state index contributed by atoms with van der Waals surface area (Å²) in [7, 11) is 0. The van der Waals surface area contributed by atoms with Crippen molar-refractivity contribution in [1.29, 1.82) is 0 Å². The third kappa shape index (κ3) is 13.6. The fourth-order valence-electron chi connectivity index (χ4n) is 3.14. The van der Waals surface area contributed by atoms with Crippen LogP contribution in [0.4, 0.5) is 0 Å². The molecule has 1 fully saturated rings. The van der Waals surface area contributed by atoms with E-state index >= 15 is 0 Å². The number of halogens is 1. The molecule has 0 unspecified atom stereocenters. The zero-order valence-corrected chi connectivity index (χ0v) is 15.2. The summed E-state index contributed by atoms with van der Waals surface area (Å²) in [5, 5.41) is 0. The number of quaternary nitrogens is 1. The lowest BCUT2D eigenvalue weighted by molar-refractivity contribution is -0.887. The van der Waals surface area contributed by atoms with Crippen molar-refractivity contribution in [1.82, 2.24) is 0 Å². The quantitative estimate of drug-likeness (QED) is 0.477. The second-order valence-electron chi connectivity index (χ2n) is 6.50. The zero-order valence-electron chi connectivity index (χ0n) is 14.3. The van der Waals surface area contributed by atoms with E-state index in [-0.39, 0.29) is 12.4 Å². The van der Waals surface area contributed by atoms with E-state index in [2.05, 4.69) is 6.92 Å². The standard InChI is InChI=1S/C18H37NO.ClH/c1-2-3-4-5-6-7-8-9-10-13-17-20-18-16-19-14-11-12-15-19;/h2-18H2,1H3;1H/p+1. The molecule has 1 rings (SSSR count). The molecule has 1 N–H and O–H groups in total. The van der Waals surface area contributed by atoms with Gasteiger partial charge in [-0.3, -0.25) is 0 Å². The maximum atomic E-state index is 5.75. The summed E-state index contributed by atoms with van der Waals surface area (Å²) >= 11 is 0. The Morgan fingerprint density at radius 1 is 0.714 bits per heavy atom. The molecule has 0 aromatic heterocycles. The summed E-state index contributed by atoms with van der Waals surface area (Å²) < 4.78 is 5.75. The second kappa shape index (κ2) is 16.6. The Hall–Kier alpha value is 0.210. The van der Waals surface area contributed by atoms with Crippen molar-refractivity contribution in [2.75, 3.05) is 32.8 Å². The Morgan fingerprint density at radius 3 is 1.81 bits per heavy atom. The van der Waals surface area contributed by atoms with Gasteiger partial charge in [-0.25, -0.2) is 0 Å². The van der Waals surface area contributed by atoms with Gasteiger partial charge in [-0.1, -0.05) is 64.7 Å². The van der Waals surface area contributed by atoms with E-state index in [4.69, 9.17) is 4.74 Å². The van der Waals surface area contributed by atoms with Crippen molar-refractivity contribution in [2.45, 2.75) is 84.0 Å². The molecule has 0 bridgehead atoms. The van der Waals surface area contributed by atoms with Crippen LogP contribution in [0.1, 0.15) is 84.0 Å². The average molecular weight is 321 g/mol. The lowest BCUT2D eigenvalue weighted by atomic mass is 10.1. The van der Waals surface area contributed by atoms with E-state index < -0.39 is 0 Å². The lowest BCUT2D eigenvalue weighted by Gasteiger charge is -2.11. The van der Waals surface area contributed by atoms with Crippen molar-refractivity contribution in [3.05, 3.63) is 0 Å². The van der Waals surface area contributed by atoms with Crippen LogP contribution in [0.2, 0.25) is 0 Å². The van der Waals surface area contributed by atoms with Crippen LogP contribution in [-0.4, -0.2) is 32.8 Å². The first-order chi connectivity index (χ1) is 9.93. The fraction of sp³-hybridized carbons (Fsp3) is 1.00. The molecular formula is C18H39ClNO+. The number of nitrogens with one attached hydrogen (secondary N) is 1. The number of hydrogen-bond acceptors (Lipinski definition) is 1. The van der Waals surface area contributed by atoms with Crippen LogP contribution < -0.4 is 4.90 Å². The Morgan fingerprint density at radius 2 is 1.24 bits per heavy atom. The molecule has 0 amide bonds. The number of unbranched alkanes of at least 4 members (excludes halogenated alkanes) is 9. The van der Waals surface area contributed by atoms with Crippen LogP contribution in [0, 0.1) is 0 Å². The molecule has 128 valence electrons. The smallest absolute Gasteiger partial charge is 0.101 e. The van der Waals surface area contributed by atoms with Crippen LogP contribution in [-0.2, 0) is 4.74 Å². The van der Waals surface area contributed by atoms with Gasteiger partial charge in [0.05, 0.1) is 19.7 Å². The molecule has 0 aromatic carbocycles. The molecule has 0 aliphatic carbocycles. The van der Waals surface area contributed by atoms with Crippen LogP contribution in [0.5, 0.6) is 0 Å². The Balaban J connectivity index is 0.00000400. The van der Waals surface area contributed by atoms with Gasteiger partial charge in [0, 0.05) is 19.4 Å². The van der Waals surface area contributed by atoms with Crippen LogP contribution in [0.25, 0.3) is 0 Å². The largest absolute Gasteiger partial charge is 0.376 e. The molecule has 0 atom stereocenters. The highest BCUT2D eigenvalue weighted by Crippen LogP contribution is 2.10. The monoisotopic (exact) mass is 320 g/mol. The number of ether oxygens (including phenoxy) is 1. The molecule has 1 aliphatic rings. The highest BCUT2D eigenvalue weighted by molar-refractivity contribution is 5.85. The van der Waals surface area contributed by atoms with Gasteiger partial charge in [-0.2, -0.15) is 0 Å². The minimum atomic E-state index is 0. The minimum absolute atomic E-state index is 0. The van der Waals surface area contributed by atoms with Gasteiger partial charge in [0.1, 0.15) is 6.54 Å². The zero-order chi connectivity index (χ0) is 14.3. The summed E-state index contributed by atoms with van der Waals surface area (Å²) in [4.78, 5) is 1.76. The van der Waals surface area contributed by atoms with Gasteiger partial charge in [0.2, 0.25) is 0 Å². The summed E-state index contributed by atoms with van der Waals surface area (Å²) in [6, 6.07) is 0. The van der Waals surface area contributed by atoms with Gasteiger partial charge >= 0.3 is 0 Å². The third-order valence-electron chi connectivity index (χ3n) is 4.55. The van der Waals surface area contributed by atoms with E-state index in [1.54, 1.807) is 4.90 Å². The normalized spacial score (nSPS) is 15.3. The molecule has 1 heterocycles. The predicted molar refractivity (Wildman–Crippen MR) is 94.7 cm³/mol. The van der Waals surface area contributed by atoms with Gasteiger partial charge < -0.3 is 9.64 Å². The molecule has 0 saturated carbocycles. The van der Waals surface area contributed by atoms with Crippen molar-refractivity contribution in [3.8, 4) is 0 Å². The molecule has 1 aliphatic heterocycles. The fourth-order valence-corrected chi connectivity index (χ4v) is 3.14. The molecule has 3 heteroatoms. The van der Waals surface area contributed by atoms with Gasteiger partial charge in [0.25, 0.3) is 0 Å². The Bertz CT molecular complexity index is 196. The first-order valence-corrected chi connectivity index (χ1v) is 9.35. The van der Waals surface area contributed by atoms with E-state index in [1.807, 2.05) is 0 Å². The maximum absolute atomic E-state index is 5.75. The highest BCUT2D eigenvalue weighted by atomic mass is 35.5. The van der Waals surface area contributed by atoms with E-state index in [1.165, 1.54) is 96.7 Å². The molecule has 0 spiro atoms. The highest BCUT2D eigenvalue weighted by Gasteiger charge is 2.13. The van der Waals surface area contributed by atoms with Gasteiger partial charge in [-0.15, -0.1) is 12.4 Å². The van der Waals surface area contributed by atoms with Crippen LogP contribution in [0.3, 0.4) is 0 Å². The maximum Gasteiger partial charge on any atom is 0.101 e. The molecular weight excluding hydrogens is 282 g/mol. The van der Waals surface area contributed by atoms with E-state index in [0.717, 1.165) is 13.2 Å². The molecule has 2 nitrogen and oxygen atoms in total. The summed E-state index contributed by atoms with van der Waals surface area (Å²) in [5.74, 6) is 0. The molecule has 0 radical (unpaired) electrons. The minimum Gasteiger partial charge on any atom is -0.376 e. The van der Waals surface area contributed by atoms with Gasteiger partial charge in [-0.05, 0) is 6.42 Å². The number of rotatable bonds is 14. The van der Waals surface area contributed by atoms with Crippen molar-refractivity contribution >= 4 is 12.4 Å².